The topological polar surface area (TPSA) is 38.3 Å². The number of nitrogens with one attached hydrogen (secondary N) is 1. The largest absolute Gasteiger partial charge is 0.383 e. The van der Waals surface area contributed by atoms with Crippen LogP contribution in [0.15, 0.2) is 0 Å². The third-order valence-corrected chi connectivity index (χ3v) is 2.24. The SMILES string of the molecule is CCCC(COC)NC(=O)C(C)(C)Br. The molecule has 0 saturated heterocycles. The molecule has 4 heteroatoms. The second kappa shape index (κ2) is 6.40. The number of carbonyl (C=O) groups is 1. The molecule has 1 amide bonds. The van der Waals surface area contributed by atoms with Crippen LogP contribution in [-0.4, -0.2) is 30.0 Å². The van der Waals surface area contributed by atoms with E-state index in [1.54, 1.807) is 7.11 Å². The Morgan fingerprint density at radius 2 is 2.14 bits per heavy atom. The molecule has 1 unspecified atom stereocenters. The molecule has 0 aromatic carbocycles. The fourth-order valence-corrected chi connectivity index (χ4v) is 1.22. The van der Waals surface area contributed by atoms with E-state index in [-0.39, 0.29) is 11.9 Å². The molecule has 0 aromatic heterocycles. The number of ether oxygens (including phenoxy) is 1. The Morgan fingerprint density at radius 1 is 1.57 bits per heavy atom. The van der Waals surface area contributed by atoms with Crippen LogP contribution < -0.4 is 5.32 Å². The number of hydrogen-bond acceptors (Lipinski definition) is 2. The number of hydrogen-bond donors (Lipinski definition) is 1. The van der Waals surface area contributed by atoms with E-state index in [0.29, 0.717) is 6.61 Å². The molecule has 0 bridgehead atoms. The molecule has 0 aromatic rings. The summed E-state index contributed by atoms with van der Waals surface area (Å²) in [4.78, 5) is 11.6. The van der Waals surface area contributed by atoms with E-state index in [4.69, 9.17) is 4.74 Å². The van der Waals surface area contributed by atoms with Crippen LogP contribution in [0, 0.1) is 0 Å². The highest BCUT2D eigenvalue weighted by Crippen LogP contribution is 2.16. The molecule has 1 atom stereocenters. The van der Waals surface area contributed by atoms with Crippen molar-refractivity contribution in [3.63, 3.8) is 0 Å². The standard InChI is InChI=1S/C10H20BrNO2/c1-5-6-8(7-14-4)12-9(13)10(2,3)11/h8H,5-7H2,1-4H3,(H,12,13). The number of carbonyl (C=O) groups excluding carboxylic acids is 1. The molecule has 0 aliphatic rings. The molecule has 0 heterocycles. The smallest absolute Gasteiger partial charge is 0.236 e. The van der Waals surface area contributed by atoms with E-state index in [1.807, 2.05) is 13.8 Å². The summed E-state index contributed by atoms with van der Waals surface area (Å²) >= 11 is 3.32. The molecular formula is C10H20BrNO2. The van der Waals surface area contributed by atoms with Gasteiger partial charge < -0.3 is 10.1 Å². The van der Waals surface area contributed by atoms with Crippen molar-refractivity contribution < 1.29 is 9.53 Å². The summed E-state index contributed by atoms with van der Waals surface area (Å²) in [6.45, 7) is 6.33. The predicted molar refractivity (Wildman–Crippen MR) is 61.7 cm³/mol. The first-order valence-electron chi connectivity index (χ1n) is 4.90. The van der Waals surface area contributed by atoms with E-state index < -0.39 is 4.32 Å². The van der Waals surface area contributed by atoms with Crippen molar-refractivity contribution in [2.45, 2.75) is 44.0 Å². The van der Waals surface area contributed by atoms with Gasteiger partial charge >= 0.3 is 0 Å². The molecule has 0 fully saturated rings. The van der Waals surface area contributed by atoms with Crippen LogP contribution in [0.3, 0.4) is 0 Å². The van der Waals surface area contributed by atoms with Crippen molar-refractivity contribution in [2.24, 2.45) is 0 Å². The number of methoxy groups -OCH3 is 1. The Morgan fingerprint density at radius 3 is 2.50 bits per heavy atom. The summed E-state index contributed by atoms with van der Waals surface area (Å²) in [6.07, 6.45) is 1.99. The molecule has 0 aliphatic heterocycles. The molecule has 0 spiro atoms. The minimum atomic E-state index is -0.507. The van der Waals surface area contributed by atoms with E-state index in [2.05, 4.69) is 28.2 Å². The third kappa shape index (κ3) is 5.60. The lowest BCUT2D eigenvalue weighted by Crippen LogP contribution is -2.45. The Kier molecular flexibility index (Phi) is 6.36. The highest BCUT2D eigenvalue weighted by molar-refractivity contribution is 9.10. The second-order valence-electron chi connectivity index (χ2n) is 3.89. The summed E-state index contributed by atoms with van der Waals surface area (Å²) in [7, 11) is 1.65. The van der Waals surface area contributed by atoms with Gasteiger partial charge in [-0.2, -0.15) is 0 Å². The van der Waals surface area contributed by atoms with Crippen LogP contribution >= 0.6 is 15.9 Å². The molecule has 0 saturated carbocycles. The Bertz CT molecular complexity index is 171. The molecule has 1 N–H and O–H groups in total. The van der Waals surface area contributed by atoms with Crippen molar-refractivity contribution in [1.82, 2.24) is 5.32 Å². The first-order chi connectivity index (χ1) is 6.41. The van der Waals surface area contributed by atoms with E-state index >= 15 is 0 Å². The molecular weight excluding hydrogens is 246 g/mol. The minimum absolute atomic E-state index is 0.00741. The van der Waals surface area contributed by atoms with Gasteiger partial charge in [0.2, 0.25) is 5.91 Å². The number of amides is 1. The maximum Gasteiger partial charge on any atom is 0.236 e. The van der Waals surface area contributed by atoms with E-state index in [0.717, 1.165) is 12.8 Å². The van der Waals surface area contributed by atoms with E-state index in [9.17, 15) is 4.79 Å². The van der Waals surface area contributed by atoms with Gasteiger partial charge in [0.15, 0.2) is 0 Å². The van der Waals surface area contributed by atoms with Gasteiger partial charge in [-0.05, 0) is 20.3 Å². The van der Waals surface area contributed by atoms with Gasteiger partial charge in [-0.15, -0.1) is 0 Å². The van der Waals surface area contributed by atoms with E-state index in [1.165, 1.54) is 0 Å². The maximum atomic E-state index is 11.6. The van der Waals surface area contributed by atoms with Gasteiger partial charge in [0.1, 0.15) is 0 Å². The zero-order valence-electron chi connectivity index (χ0n) is 9.39. The second-order valence-corrected chi connectivity index (χ2v) is 5.87. The Hall–Kier alpha value is -0.0900. The minimum Gasteiger partial charge on any atom is -0.383 e. The summed E-state index contributed by atoms with van der Waals surface area (Å²) < 4.78 is 4.53. The average molecular weight is 266 g/mol. The Balaban J connectivity index is 4.08. The number of rotatable bonds is 6. The quantitative estimate of drug-likeness (QED) is 0.747. The van der Waals surface area contributed by atoms with Gasteiger partial charge in [0, 0.05) is 7.11 Å². The third-order valence-electron chi connectivity index (χ3n) is 1.88. The molecule has 14 heavy (non-hydrogen) atoms. The van der Waals surface area contributed by atoms with Crippen LogP contribution in [-0.2, 0) is 9.53 Å². The van der Waals surface area contributed by atoms with Crippen LogP contribution in [0.1, 0.15) is 33.6 Å². The molecule has 0 radical (unpaired) electrons. The highest BCUT2D eigenvalue weighted by Gasteiger charge is 2.25. The lowest BCUT2D eigenvalue weighted by molar-refractivity contribution is -0.123. The average Bonchev–Trinajstić information content (AvgIpc) is 2.03. The summed E-state index contributed by atoms with van der Waals surface area (Å²) in [5.74, 6) is 0.00741. The first kappa shape index (κ1) is 13.9. The molecule has 0 aliphatic carbocycles. The van der Waals surface area contributed by atoms with Gasteiger partial charge in [-0.25, -0.2) is 0 Å². The first-order valence-corrected chi connectivity index (χ1v) is 5.70. The van der Waals surface area contributed by atoms with Crippen LogP contribution in [0.2, 0.25) is 0 Å². The maximum absolute atomic E-state index is 11.6. The predicted octanol–water partition coefficient (Wildman–Crippen LogP) is 2.09. The summed E-state index contributed by atoms with van der Waals surface area (Å²) in [5.41, 5.74) is 0. The lowest BCUT2D eigenvalue weighted by atomic mass is 10.1. The Labute approximate surface area is 94.7 Å². The number of halogens is 1. The lowest BCUT2D eigenvalue weighted by Gasteiger charge is -2.22. The van der Waals surface area contributed by atoms with Gasteiger partial charge in [-0.3, -0.25) is 4.79 Å². The van der Waals surface area contributed by atoms with Crippen LogP contribution in [0.5, 0.6) is 0 Å². The van der Waals surface area contributed by atoms with Crippen molar-refractivity contribution in [1.29, 1.82) is 0 Å². The summed E-state index contributed by atoms with van der Waals surface area (Å²) in [5, 5.41) is 2.95. The number of alkyl halides is 1. The van der Waals surface area contributed by atoms with Crippen molar-refractivity contribution in [3.05, 3.63) is 0 Å². The van der Waals surface area contributed by atoms with Crippen molar-refractivity contribution in [2.75, 3.05) is 13.7 Å². The zero-order chi connectivity index (χ0) is 11.2. The molecule has 3 nitrogen and oxygen atoms in total. The zero-order valence-corrected chi connectivity index (χ0v) is 11.0. The molecule has 84 valence electrons. The van der Waals surface area contributed by atoms with Gasteiger partial charge in [0.05, 0.1) is 17.0 Å². The van der Waals surface area contributed by atoms with Crippen molar-refractivity contribution in [3.8, 4) is 0 Å². The highest BCUT2D eigenvalue weighted by atomic mass is 79.9. The monoisotopic (exact) mass is 265 g/mol. The fraction of sp³-hybridized carbons (Fsp3) is 0.900. The summed E-state index contributed by atoms with van der Waals surface area (Å²) in [6, 6.07) is 0.120. The van der Waals surface area contributed by atoms with Gasteiger partial charge in [0.25, 0.3) is 0 Å². The van der Waals surface area contributed by atoms with Crippen molar-refractivity contribution >= 4 is 21.8 Å². The molecule has 0 rings (SSSR count). The van der Waals surface area contributed by atoms with Crippen LogP contribution in [0.25, 0.3) is 0 Å². The van der Waals surface area contributed by atoms with Crippen LogP contribution in [0.4, 0.5) is 0 Å². The van der Waals surface area contributed by atoms with Gasteiger partial charge in [-0.1, -0.05) is 29.3 Å². The normalized spacial score (nSPS) is 13.8. The fourth-order valence-electron chi connectivity index (χ4n) is 1.10.